The maximum atomic E-state index is 12.7. The molecule has 182 valence electrons. The van der Waals surface area contributed by atoms with E-state index in [0.29, 0.717) is 47.0 Å². The fourth-order valence-corrected chi connectivity index (χ4v) is 5.66. The van der Waals surface area contributed by atoms with Crippen LogP contribution in [0.25, 0.3) is 10.2 Å². The number of carbonyl (C=O) groups excluding carboxylic acids is 1. The van der Waals surface area contributed by atoms with Gasteiger partial charge in [-0.25, -0.2) is 13.4 Å². The van der Waals surface area contributed by atoms with E-state index in [2.05, 4.69) is 20.6 Å². The summed E-state index contributed by atoms with van der Waals surface area (Å²) < 4.78 is 30.7. The number of benzene rings is 1. The molecule has 4 rings (SSSR count). The standard InChI is InChI=1S/C21H24ClN5O5S2/c1-34(30,31)27-6-5-23-16(9-27)11-32-10-14-12-33-21-17(14)19(28)25-18(26-21)20(29)24-8-13-3-2-4-15(22)7-13/h2-4,7,12,16,23H,5-6,8-11H2,1H3,(H,24,29)(H,25,26,28). The molecule has 1 saturated heterocycles. The first kappa shape index (κ1) is 24.8. The number of ether oxygens (including phenoxy) is 1. The zero-order chi connectivity index (χ0) is 24.3. The Balaban J connectivity index is 1.38. The molecule has 1 fully saturated rings. The third kappa shape index (κ3) is 6.01. The van der Waals surface area contributed by atoms with Crippen LogP contribution in [0.2, 0.25) is 5.02 Å². The summed E-state index contributed by atoms with van der Waals surface area (Å²) >= 11 is 7.21. The topological polar surface area (TPSA) is 133 Å². The highest BCUT2D eigenvalue weighted by molar-refractivity contribution is 7.88. The van der Waals surface area contributed by atoms with Gasteiger partial charge in [0.1, 0.15) is 4.83 Å². The number of nitrogens with one attached hydrogen (secondary N) is 3. The molecule has 1 aliphatic heterocycles. The first-order valence-electron chi connectivity index (χ1n) is 10.5. The molecule has 0 saturated carbocycles. The van der Waals surface area contributed by atoms with Crippen molar-refractivity contribution in [3.05, 3.63) is 62.0 Å². The molecule has 3 aromatic rings. The van der Waals surface area contributed by atoms with Gasteiger partial charge in [-0.3, -0.25) is 9.59 Å². The van der Waals surface area contributed by atoms with E-state index in [4.69, 9.17) is 16.3 Å². The van der Waals surface area contributed by atoms with E-state index in [1.165, 1.54) is 21.9 Å². The number of rotatable bonds is 8. The van der Waals surface area contributed by atoms with Crippen molar-refractivity contribution in [1.29, 1.82) is 0 Å². The van der Waals surface area contributed by atoms with Crippen LogP contribution in [0.5, 0.6) is 0 Å². The van der Waals surface area contributed by atoms with E-state index >= 15 is 0 Å². The molecule has 0 bridgehead atoms. The lowest BCUT2D eigenvalue weighted by molar-refractivity contribution is 0.0863. The van der Waals surface area contributed by atoms with Crippen molar-refractivity contribution < 1.29 is 17.9 Å². The average molecular weight is 526 g/mol. The summed E-state index contributed by atoms with van der Waals surface area (Å²) in [4.78, 5) is 32.5. The van der Waals surface area contributed by atoms with Gasteiger partial charge in [-0.05, 0) is 23.1 Å². The summed E-state index contributed by atoms with van der Waals surface area (Å²) in [6.07, 6.45) is 1.19. The zero-order valence-electron chi connectivity index (χ0n) is 18.3. The number of sulfonamides is 1. The molecule has 1 aromatic carbocycles. The van der Waals surface area contributed by atoms with Gasteiger partial charge in [-0.15, -0.1) is 11.3 Å². The number of amides is 1. The summed E-state index contributed by atoms with van der Waals surface area (Å²) in [7, 11) is -3.25. The van der Waals surface area contributed by atoms with Crippen molar-refractivity contribution in [3.63, 3.8) is 0 Å². The van der Waals surface area contributed by atoms with Crippen molar-refractivity contribution in [2.24, 2.45) is 0 Å². The van der Waals surface area contributed by atoms with Crippen LogP contribution in [0, 0.1) is 0 Å². The first-order chi connectivity index (χ1) is 16.2. The summed E-state index contributed by atoms with van der Waals surface area (Å²) in [5.74, 6) is -0.565. The lowest BCUT2D eigenvalue weighted by Gasteiger charge is -2.31. The van der Waals surface area contributed by atoms with E-state index < -0.39 is 21.5 Å². The van der Waals surface area contributed by atoms with Crippen molar-refractivity contribution in [1.82, 2.24) is 24.9 Å². The van der Waals surface area contributed by atoms with E-state index in [9.17, 15) is 18.0 Å². The molecule has 1 amide bonds. The Morgan fingerprint density at radius 3 is 3.00 bits per heavy atom. The highest BCUT2D eigenvalue weighted by atomic mass is 35.5. The molecular formula is C21H24ClN5O5S2. The summed E-state index contributed by atoms with van der Waals surface area (Å²) in [5.41, 5.74) is 1.07. The Bertz CT molecular complexity index is 1360. The maximum absolute atomic E-state index is 12.7. The Kier molecular flexibility index (Phi) is 7.65. The highest BCUT2D eigenvalue weighted by Crippen LogP contribution is 2.22. The predicted molar refractivity (Wildman–Crippen MR) is 131 cm³/mol. The third-order valence-electron chi connectivity index (χ3n) is 5.34. The molecule has 1 unspecified atom stereocenters. The minimum Gasteiger partial charge on any atom is -0.375 e. The van der Waals surface area contributed by atoms with Gasteiger partial charge in [0.2, 0.25) is 15.8 Å². The first-order valence-corrected chi connectivity index (χ1v) is 13.6. The van der Waals surface area contributed by atoms with E-state index in [1.54, 1.807) is 23.6 Å². The predicted octanol–water partition coefficient (Wildman–Crippen LogP) is 1.32. The van der Waals surface area contributed by atoms with Gasteiger partial charge in [0, 0.05) is 42.8 Å². The molecular weight excluding hydrogens is 502 g/mol. The van der Waals surface area contributed by atoms with Crippen LogP contribution >= 0.6 is 22.9 Å². The molecule has 1 aliphatic rings. The molecule has 0 aliphatic carbocycles. The number of thiophene rings is 1. The van der Waals surface area contributed by atoms with Gasteiger partial charge in [0.05, 0.1) is 24.9 Å². The number of nitrogens with zero attached hydrogens (tertiary/aromatic N) is 2. The van der Waals surface area contributed by atoms with E-state index in [1.807, 2.05) is 6.07 Å². The van der Waals surface area contributed by atoms with Crippen molar-refractivity contribution in [2.45, 2.75) is 19.2 Å². The van der Waals surface area contributed by atoms with Crippen LogP contribution < -0.4 is 16.2 Å². The monoisotopic (exact) mass is 525 g/mol. The van der Waals surface area contributed by atoms with E-state index in [-0.39, 0.29) is 25.0 Å². The number of H-pyrrole nitrogens is 1. The second kappa shape index (κ2) is 10.5. The molecule has 10 nitrogen and oxygen atoms in total. The van der Waals surface area contributed by atoms with Gasteiger partial charge in [0.15, 0.2) is 0 Å². The van der Waals surface area contributed by atoms with Crippen molar-refractivity contribution >= 4 is 49.1 Å². The number of aromatic amines is 1. The molecule has 0 spiro atoms. The smallest absolute Gasteiger partial charge is 0.287 e. The van der Waals surface area contributed by atoms with Crippen LogP contribution in [0.3, 0.4) is 0 Å². The van der Waals surface area contributed by atoms with Gasteiger partial charge in [-0.1, -0.05) is 23.7 Å². The van der Waals surface area contributed by atoms with Crippen LogP contribution in [0.1, 0.15) is 21.7 Å². The molecule has 13 heteroatoms. The van der Waals surface area contributed by atoms with Gasteiger partial charge in [0.25, 0.3) is 11.5 Å². The molecule has 2 aromatic heterocycles. The van der Waals surface area contributed by atoms with Crippen LogP contribution in [-0.4, -0.2) is 67.1 Å². The second-order valence-electron chi connectivity index (χ2n) is 7.96. The molecule has 3 N–H and O–H groups in total. The van der Waals surface area contributed by atoms with Crippen LogP contribution in [-0.2, 0) is 27.9 Å². The normalized spacial score (nSPS) is 17.2. The van der Waals surface area contributed by atoms with E-state index in [0.717, 1.165) is 5.56 Å². The summed E-state index contributed by atoms with van der Waals surface area (Å²) in [6, 6.07) is 6.97. The number of hydrogen-bond acceptors (Lipinski definition) is 8. The molecule has 34 heavy (non-hydrogen) atoms. The van der Waals surface area contributed by atoms with Gasteiger partial charge >= 0.3 is 0 Å². The largest absolute Gasteiger partial charge is 0.375 e. The Labute approximate surface area is 205 Å². The SMILES string of the molecule is CS(=O)(=O)N1CCNC(COCc2csc3nc(C(=O)NCc4cccc(Cl)c4)[nH]c(=O)c23)C1. The Morgan fingerprint density at radius 1 is 1.41 bits per heavy atom. The number of halogens is 1. The van der Waals surface area contributed by atoms with Crippen LogP contribution in [0.15, 0.2) is 34.4 Å². The number of piperazine rings is 1. The van der Waals surface area contributed by atoms with Gasteiger partial charge < -0.3 is 20.4 Å². The summed E-state index contributed by atoms with van der Waals surface area (Å²) in [5, 5.41) is 8.68. The number of hydrogen-bond donors (Lipinski definition) is 3. The second-order valence-corrected chi connectivity index (χ2v) is 11.2. The molecule has 0 radical (unpaired) electrons. The Morgan fingerprint density at radius 2 is 2.24 bits per heavy atom. The van der Waals surface area contributed by atoms with Crippen LogP contribution in [0.4, 0.5) is 0 Å². The van der Waals surface area contributed by atoms with Crippen molar-refractivity contribution in [2.75, 3.05) is 32.5 Å². The van der Waals surface area contributed by atoms with Crippen molar-refractivity contribution in [3.8, 4) is 0 Å². The number of fused-ring (bicyclic) bond motifs is 1. The minimum atomic E-state index is -3.25. The number of aromatic nitrogens is 2. The Hall–Kier alpha value is -2.35. The molecule has 3 heterocycles. The summed E-state index contributed by atoms with van der Waals surface area (Å²) in [6.45, 7) is 2.02. The lowest BCUT2D eigenvalue weighted by Crippen LogP contribution is -2.53. The number of carbonyl (C=O) groups is 1. The average Bonchev–Trinajstić information content (AvgIpc) is 3.21. The molecule has 1 atom stereocenters. The lowest BCUT2D eigenvalue weighted by atomic mass is 10.2. The fraction of sp³-hybridized carbons (Fsp3) is 0.381. The maximum Gasteiger partial charge on any atom is 0.287 e. The zero-order valence-corrected chi connectivity index (χ0v) is 20.7. The van der Waals surface area contributed by atoms with Gasteiger partial charge in [-0.2, -0.15) is 4.31 Å². The highest BCUT2D eigenvalue weighted by Gasteiger charge is 2.25. The quantitative estimate of drug-likeness (QED) is 0.404. The fourth-order valence-electron chi connectivity index (χ4n) is 3.65. The third-order valence-corrected chi connectivity index (χ3v) is 7.77. The minimum absolute atomic E-state index is 0.0684.